The van der Waals surface area contributed by atoms with Crippen molar-refractivity contribution in [2.24, 2.45) is 0 Å². The van der Waals surface area contributed by atoms with Crippen molar-refractivity contribution in [2.45, 2.75) is 51.0 Å². The van der Waals surface area contributed by atoms with E-state index in [4.69, 9.17) is 9.47 Å². The first-order chi connectivity index (χ1) is 13.5. The van der Waals surface area contributed by atoms with Crippen LogP contribution in [0.3, 0.4) is 0 Å². The molecule has 0 radical (unpaired) electrons. The minimum Gasteiger partial charge on any atom is -0.463 e. The molecule has 2 rings (SSSR count). The van der Waals surface area contributed by atoms with E-state index in [1.807, 2.05) is 7.05 Å². The number of anilines is 1. The highest BCUT2D eigenvalue weighted by Gasteiger charge is 2.24. The number of carbonyl (C=O) groups excluding carboxylic acids is 3. The summed E-state index contributed by atoms with van der Waals surface area (Å²) in [5.74, 6) is -0.875. The molecule has 0 saturated heterocycles. The standard InChI is InChI=1S/C21H30N2O5/c1-23(16-8-4-3-5-9-16)21(26)17-10-6-7-11-18(17)22-19(24)12-13-20(25)28-15-14-27-2/h6-7,10-11,16H,3-5,8-9,12-15H2,1-2H3,(H,22,24). The van der Waals surface area contributed by atoms with E-state index in [0.29, 0.717) is 17.9 Å². The fraction of sp³-hybridized carbons (Fsp3) is 0.571. The third kappa shape index (κ3) is 6.64. The summed E-state index contributed by atoms with van der Waals surface area (Å²) in [7, 11) is 3.35. The van der Waals surface area contributed by atoms with Crippen LogP contribution < -0.4 is 5.32 Å². The van der Waals surface area contributed by atoms with Crippen LogP contribution in [-0.2, 0) is 19.1 Å². The van der Waals surface area contributed by atoms with Gasteiger partial charge in [0.05, 0.1) is 24.3 Å². The first-order valence-electron chi connectivity index (χ1n) is 9.83. The molecule has 0 bridgehead atoms. The van der Waals surface area contributed by atoms with E-state index in [2.05, 4.69) is 5.32 Å². The molecule has 1 aliphatic rings. The second-order valence-electron chi connectivity index (χ2n) is 7.01. The monoisotopic (exact) mass is 390 g/mol. The zero-order valence-corrected chi connectivity index (χ0v) is 16.7. The smallest absolute Gasteiger partial charge is 0.306 e. The Morgan fingerprint density at radius 2 is 1.79 bits per heavy atom. The zero-order chi connectivity index (χ0) is 20.4. The van der Waals surface area contributed by atoms with Crippen molar-refractivity contribution in [3.05, 3.63) is 29.8 Å². The fourth-order valence-electron chi connectivity index (χ4n) is 3.34. The highest BCUT2D eigenvalue weighted by Crippen LogP contribution is 2.25. The second-order valence-corrected chi connectivity index (χ2v) is 7.01. The van der Waals surface area contributed by atoms with Crippen LogP contribution >= 0.6 is 0 Å². The van der Waals surface area contributed by atoms with Crippen molar-refractivity contribution in [1.29, 1.82) is 0 Å². The molecule has 0 spiro atoms. The summed E-state index contributed by atoms with van der Waals surface area (Å²) < 4.78 is 9.74. The minimum atomic E-state index is -0.450. The van der Waals surface area contributed by atoms with E-state index >= 15 is 0 Å². The van der Waals surface area contributed by atoms with Crippen molar-refractivity contribution in [1.82, 2.24) is 4.90 Å². The SMILES string of the molecule is COCCOC(=O)CCC(=O)Nc1ccccc1C(=O)N(C)C1CCCCC1. The summed E-state index contributed by atoms with van der Waals surface area (Å²) in [5, 5.41) is 2.75. The lowest BCUT2D eigenvalue weighted by Gasteiger charge is -2.31. The second kappa shape index (κ2) is 11.4. The summed E-state index contributed by atoms with van der Waals surface area (Å²) in [4.78, 5) is 38.6. The zero-order valence-electron chi connectivity index (χ0n) is 16.7. The van der Waals surface area contributed by atoms with Crippen molar-refractivity contribution in [2.75, 3.05) is 32.7 Å². The molecule has 2 amide bonds. The van der Waals surface area contributed by atoms with Gasteiger partial charge in [-0.05, 0) is 25.0 Å². The van der Waals surface area contributed by atoms with Crippen LogP contribution in [0.15, 0.2) is 24.3 Å². The molecular weight excluding hydrogens is 360 g/mol. The van der Waals surface area contributed by atoms with Crippen LogP contribution in [-0.4, -0.2) is 56.1 Å². The molecule has 0 heterocycles. The first kappa shape index (κ1) is 21.9. The Balaban J connectivity index is 1.92. The Morgan fingerprint density at radius 3 is 2.50 bits per heavy atom. The van der Waals surface area contributed by atoms with Crippen LogP contribution in [0, 0.1) is 0 Å². The molecule has 154 valence electrons. The lowest BCUT2D eigenvalue weighted by Crippen LogP contribution is -2.38. The van der Waals surface area contributed by atoms with Gasteiger partial charge in [0, 0.05) is 26.6 Å². The van der Waals surface area contributed by atoms with Gasteiger partial charge in [0.15, 0.2) is 0 Å². The third-order valence-electron chi connectivity index (χ3n) is 4.98. The van der Waals surface area contributed by atoms with Crippen LogP contribution in [0.5, 0.6) is 0 Å². The van der Waals surface area contributed by atoms with Crippen LogP contribution in [0.2, 0.25) is 0 Å². The van der Waals surface area contributed by atoms with Crippen molar-refractivity contribution in [3.63, 3.8) is 0 Å². The third-order valence-corrected chi connectivity index (χ3v) is 4.98. The maximum absolute atomic E-state index is 12.9. The number of rotatable bonds is 9. The number of methoxy groups -OCH3 is 1. The number of benzene rings is 1. The van der Waals surface area contributed by atoms with Gasteiger partial charge in [0.25, 0.3) is 5.91 Å². The maximum atomic E-state index is 12.9. The van der Waals surface area contributed by atoms with Gasteiger partial charge >= 0.3 is 5.97 Å². The summed E-state index contributed by atoms with van der Waals surface area (Å²) >= 11 is 0. The average molecular weight is 390 g/mol. The molecule has 1 saturated carbocycles. The molecule has 1 aliphatic carbocycles. The van der Waals surface area contributed by atoms with Crippen LogP contribution in [0.4, 0.5) is 5.69 Å². The molecule has 1 aromatic rings. The van der Waals surface area contributed by atoms with Crippen molar-refractivity contribution < 1.29 is 23.9 Å². The van der Waals surface area contributed by atoms with E-state index < -0.39 is 5.97 Å². The topological polar surface area (TPSA) is 84.9 Å². The van der Waals surface area contributed by atoms with Crippen molar-refractivity contribution in [3.8, 4) is 0 Å². The van der Waals surface area contributed by atoms with Crippen LogP contribution in [0.1, 0.15) is 55.3 Å². The van der Waals surface area contributed by atoms with E-state index in [1.165, 1.54) is 13.5 Å². The maximum Gasteiger partial charge on any atom is 0.306 e. The van der Waals surface area contributed by atoms with Gasteiger partial charge in [-0.25, -0.2) is 0 Å². The Morgan fingerprint density at radius 1 is 1.07 bits per heavy atom. The van der Waals surface area contributed by atoms with Gasteiger partial charge in [-0.15, -0.1) is 0 Å². The molecule has 1 aromatic carbocycles. The number of nitrogens with one attached hydrogen (secondary N) is 1. The predicted molar refractivity (Wildman–Crippen MR) is 106 cm³/mol. The van der Waals surface area contributed by atoms with Crippen molar-refractivity contribution >= 4 is 23.5 Å². The van der Waals surface area contributed by atoms with Gasteiger partial charge in [-0.2, -0.15) is 0 Å². The molecule has 0 aliphatic heterocycles. The average Bonchev–Trinajstić information content (AvgIpc) is 2.72. The number of para-hydroxylation sites is 1. The summed E-state index contributed by atoms with van der Waals surface area (Å²) in [6, 6.07) is 7.22. The summed E-state index contributed by atoms with van der Waals surface area (Å²) in [6.07, 6.45) is 5.51. The Kier molecular flexibility index (Phi) is 8.94. The van der Waals surface area contributed by atoms with Gasteiger partial charge in [0.1, 0.15) is 6.61 Å². The Bertz CT molecular complexity index is 671. The number of nitrogens with zero attached hydrogens (tertiary/aromatic N) is 1. The molecular formula is C21H30N2O5. The largest absolute Gasteiger partial charge is 0.463 e. The molecule has 7 nitrogen and oxygen atoms in total. The Labute approximate surface area is 166 Å². The highest BCUT2D eigenvalue weighted by molar-refractivity contribution is 6.04. The normalized spacial score (nSPS) is 14.4. The minimum absolute atomic E-state index is 0.00714. The predicted octanol–water partition coefficient (Wildman–Crippen LogP) is 3.00. The fourth-order valence-corrected chi connectivity index (χ4v) is 3.34. The summed E-state index contributed by atoms with van der Waals surface area (Å²) in [5.41, 5.74) is 0.930. The molecule has 1 fully saturated rings. The number of hydrogen-bond donors (Lipinski definition) is 1. The number of ether oxygens (including phenoxy) is 2. The molecule has 28 heavy (non-hydrogen) atoms. The van der Waals surface area contributed by atoms with Gasteiger partial charge in [-0.3, -0.25) is 14.4 Å². The number of hydrogen-bond acceptors (Lipinski definition) is 5. The molecule has 7 heteroatoms. The highest BCUT2D eigenvalue weighted by atomic mass is 16.6. The first-order valence-corrected chi connectivity index (χ1v) is 9.83. The molecule has 0 unspecified atom stereocenters. The summed E-state index contributed by atoms with van der Waals surface area (Å²) in [6.45, 7) is 0.490. The lowest BCUT2D eigenvalue weighted by atomic mass is 9.94. The quantitative estimate of drug-likeness (QED) is 0.518. The Hall–Kier alpha value is -2.41. The molecule has 0 atom stereocenters. The molecule has 0 aromatic heterocycles. The van der Waals surface area contributed by atoms with E-state index in [1.54, 1.807) is 29.2 Å². The van der Waals surface area contributed by atoms with Gasteiger partial charge < -0.3 is 19.7 Å². The number of carbonyl (C=O) groups is 3. The van der Waals surface area contributed by atoms with Gasteiger partial charge in [0.2, 0.25) is 5.91 Å². The molecule has 1 N–H and O–H groups in total. The lowest BCUT2D eigenvalue weighted by molar-refractivity contribution is -0.145. The van der Waals surface area contributed by atoms with Gasteiger partial charge in [-0.1, -0.05) is 31.4 Å². The number of amides is 2. The van der Waals surface area contributed by atoms with E-state index in [-0.39, 0.29) is 37.3 Å². The number of esters is 1. The van der Waals surface area contributed by atoms with E-state index in [0.717, 1.165) is 25.7 Å². The van der Waals surface area contributed by atoms with E-state index in [9.17, 15) is 14.4 Å². The van der Waals surface area contributed by atoms with Crippen LogP contribution in [0.25, 0.3) is 0 Å².